The second kappa shape index (κ2) is 6.46. The molecule has 1 heterocycles. The quantitative estimate of drug-likeness (QED) is 0.874. The van der Waals surface area contributed by atoms with E-state index in [1.807, 2.05) is 0 Å². The first-order valence-corrected chi connectivity index (χ1v) is 8.45. The molecule has 26 heavy (non-hydrogen) atoms. The van der Waals surface area contributed by atoms with Crippen LogP contribution in [0.15, 0.2) is 36.4 Å². The number of halogens is 3. The Morgan fingerprint density at radius 1 is 1.23 bits per heavy atom. The van der Waals surface area contributed by atoms with Crippen molar-refractivity contribution in [2.45, 2.75) is 44.9 Å². The minimum atomic E-state index is -4.58. The highest BCUT2D eigenvalue weighted by atomic mass is 19.4. The number of carbonyl (C=O) groups is 1. The molecule has 3 rings (SSSR count). The number of fused-ring (bicyclic) bond motifs is 1. The number of ether oxygens (including phenoxy) is 1. The van der Waals surface area contributed by atoms with Gasteiger partial charge in [0.05, 0.1) is 6.61 Å². The van der Waals surface area contributed by atoms with Gasteiger partial charge in [-0.3, -0.25) is 10.2 Å². The van der Waals surface area contributed by atoms with E-state index in [4.69, 9.17) is 4.74 Å². The van der Waals surface area contributed by atoms with Gasteiger partial charge >= 0.3 is 6.18 Å². The van der Waals surface area contributed by atoms with E-state index < -0.39 is 23.7 Å². The van der Waals surface area contributed by atoms with Crippen LogP contribution in [0.4, 0.5) is 13.2 Å². The number of nitrogens with zero attached hydrogens (tertiary/aromatic N) is 1. The number of alkyl halides is 3. The first-order chi connectivity index (χ1) is 12.1. The molecule has 1 unspecified atom stereocenters. The SMILES string of the molecule is CCOc1cccc2cccc(C(N3NC(=O)CC3(C)C)C(F)(F)F)c12. The van der Waals surface area contributed by atoms with Crippen LogP contribution in [0, 0.1) is 0 Å². The van der Waals surface area contributed by atoms with Gasteiger partial charge in [-0.05, 0) is 37.8 Å². The van der Waals surface area contributed by atoms with E-state index in [0.717, 1.165) is 5.01 Å². The number of benzene rings is 2. The van der Waals surface area contributed by atoms with Gasteiger partial charge in [0.2, 0.25) is 5.91 Å². The summed E-state index contributed by atoms with van der Waals surface area (Å²) in [6.07, 6.45) is -4.58. The fraction of sp³-hybridized carbons (Fsp3) is 0.421. The molecule has 2 aromatic carbocycles. The van der Waals surface area contributed by atoms with Crippen molar-refractivity contribution < 1.29 is 22.7 Å². The maximum Gasteiger partial charge on any atom is 0.409 e. The summed E-state index contributed by atoms with van der Waals surface area (Å²) in [4.78, 5) is 11.8. The van der Waals surface area contributed by atoms with Crippen molar-refractivity contribution in [3.05, 3.63) is 42.0 Å². The second-order valence-electron chi connectivity index (χ2n) is 6.97. The molecule has 1 aliphatic rings. The third-order valence-corrected chi connectivity index (χ3v) is 4.55. The highest BCUT2D eigenvalue weighted by Crippen LogP contribution is 2.46. The first-order valence-electron chi connectivity index (χ1n) is 8.45. The highest BCUT2D eigenvalue weighted by molar-refractivity contribution is 5.92. The average molecular weight is 366 g/mol. The van der Waals surface area contributed by atoms with Crippen LogP contribution < -0.4 is 10.2 Å². The van der Waals surface area contributed by atoms with E-state index in [2.05, 4.69) is 5.43 Å². The van der Waals surface area contributed by atoms with Crippen LogP contribution in [-0.4, -0.2) is 29.2 Å². The zero-order valence-electron chi connectivity index (χ0n) is 14.9. The molecule has 140 valence electrons. The van der Waals surface area contributed by atoms with Crippen LogP contribution >= 0.6 is 0 Å². The predicted molar refractivity (Wildman–Crippen MR) is 92.6 cm³/mol. The summed E-state index contributed by atoms with van der Waals surface area (Å²) in [5.74, 6) is -0.0207. The van der Waals surface area contributed by atoms with Crippen molar-refractivity contribution in [1.82, 2.24) is 10.4 Å². The molecule has 1 fully saturated rings. The van der Waals surface area contributed by atoms with Gasteiger partial charge in [0, 0.05) is 17.3 Å². The summed E-state index contributed by atoms with van der Waals surface area (Å²) in [5.41, 5.74) is 1.49. The van der Waals surface area contributed by atoms with E-state index in [1.54, 1.807) is 51.1 Å². The van der Waals surface area contributed by atoms with E-state index in [-0.39, 0.29) is 12.0 Å². The summed E-state index contributed by atoms with van der Waals surface area (Å²) in [6.45, 7) is 5.37. The van der Waals surface area contributed by atoms with Gasteiger partial charge in [0.15, 0.2) is 6.04 Å². The number of nitrogens with one attached hydrogen (secondary N) is 1. The molecular formula is C19H21F3N2O2. The first kappa shape index (κ1) is 18.5. The maximum atomic E-state index is 14.1. The van der Waals surface area contributed by atoms with Gasteiger partial charge in [-0.1, -0.05) is 30.3 Å². The summed E-state index contributed by atoms with van der Waals surface area (Å²) in [5, 5.41) is 2.09. The van der Waals surface area contributed by atoms with Crippen molar-refractivity contribution in [2.24, 2.45) is 0 Å². The van der Waals surface area contributed by atoms with Crippen LogP contribution in [0.2, 0.25) is 0 Å². The lowest BCUT2D eigenvalue weighted by atomic mass is 9.93. The van der Waals surface area contributed by atoms with Crippen molar-refractivity contribution in [1.29, 1.82) is 0 Å². The maximum absolute atomic E-state index is 14.1. The number of hydrazine groups is 1. The third kappa shape index (κ3) is 3.23. The van der Waals surface area contributed by atoms with E-state index in [9.17, 15) is 18.0 Å². The summed E-state index contributed by atoms with van der Waals surface area (Å²) in [7, 11) is 0. The molecule has 0 radical (unpaired) electrons. The Morgan fingerprint density at radius 3 is 2.42 bits per heavy atom. The Labute approximate surface area is 149 Å². The van der Waals surface area contributed by atoms with E-state index in [1.165, 1.54) is 6.07 Å². The lowest BCUT2D eigenvalue weighted by Gasteiger charge is -2.38. The van der Waals surface area contributed by atoms with E-state index >= 15 is 0 Å². The van der Waals surface area contributed by atoms with Crippen molar-refractivity contribution in [2.75, 3.05) is 6.61 Å². The lowest BCUT2D eigenvalue weighted by molar-refractivity contribution is -0.203. The molecule has 0 bridgehead atoms. The number of carbonyl (C=O) groups excluding carboxylic acids is 1. The third-order valence-electron chi connectivity index (χ3n) is 4.55. The van der Waals surface area contributed by atoms with Crippen molar-refractivity contribution in [3.8, 4) is 5.75 Å². The fourth-order valence-corrected chi connectivity index (χ4v) is 3.52. The summed E-state index contributed by atoms with van der Waals surface area (Å²) in [6, 6.07) is 7.98. The summed E-state index contributed by atoms with van der Waals surface area (Å²) >= 11 is 0. The Balaban J connectivity index is 2.25. The van der Waals surface area contributed by atoms with Gasteiger partial charge in [0.25, 0.3) is 0 Å². The number of rotatable bonds is 4. The van der Waals surface area contributed by atoms with Crippen LogP contribution in [0.25, 0.3) is 10.8 Å². The molecule has 1 aliphatic heterocycles. The van der Waals surface area contributed by atoms with Crippen LogP contribution in [0.3, 0.4) is 0 Å². The molecule has 0 spiro atoms. The van der Waals surface area contributed by atoms with Crippen molar-refractivity contribution in [3.63, 3.8) is 0 Å². The van der Waals surface area contributed by atoms with Crippen LogP contribution in [-0.2, 0) is 4.79 Å². The predicted octanol–water partition coefficient (Wildman–Crippen LogP) is 4.36. The van der Waals surface area contributed by atoms with Gasteiger partial charge < -0.3 is 4.74 Å². The monoisotopic (exact) mass is 366 g/mol. The minimum Gasteiger partial charge on any atom is -0.493 e. The highest BCUT2D eigenvalue weighted by Gasteiger charge is 2.53. The Morgan fingerprint density at radius 2 is 1.88 bits per heavy atom. The lowest BCUT2D eigenvalue weighted by Crippen LogP contribution is -2.51. The molecule has 0 saturated carbocycles. The Bertz CT molecular complexity index is 828. The van der Waals surface area contributed by atoms with Gasteiger partial charge in [-0.25, -0.2) is 0 Å². The van der Waals surface area contributed by atoms with Gasteiger partial charge in [-0.2, -0.15) is 18.2 Å². The molecule has 0 aliphatic carbocycles. The molecule has 7 heteroatoms. The average Bonchev–Trinajstić information content (AvgIpc) is 2.79. The molecule has 1 amide bonds. The second-order valence-corrected chi connectivity index (χ2v) is 6.97. The fourth-order valence-electron chi connectivity index (χ4n) is 3.52. The number of hydrogen-bond acceptors (Lipinski definition) is 3. The summed E-state index contributed by atoms with van der Waals surface area (Å²) < 4.78 is 48.0. The molecule has 1 atom stereocenters. The Kier molecular flexibility index (Phi) is 4.60. The number of amides is 1. The normalized spacial score (nSPS) is 18.8. The van der Waals surface area contributed by atoms with Gasteiger partial charge in [-0.15, -0.1) is 0 Å². The topological polar surface area (TPSA) is 41.6 Å². The smallest absolute Gasteiger partial charge is 0.409 e. The van der Waals surface area contributed by atoms with E-state index in [0.29, 0.717) is 23.1 Å². The van der Waals surface area contributed by atoms with Gasteiger partial charge in [0.1, 0.15) is 5.75 Å². The molecule has 1 N–H and O–H groups in total. The minimum absolute atomic E-state index is 0.00264. The largest absolute Gasteiger partial charge is 0.493 e. The molecule has 0 aromatic heterocycles. The Hall–Kier alpha value is -2.28. The van der Waals surface area contributed by atoms with Crippen LogP contribution in [0.5, 0.6) is 5.75 Å². The zero-order valence-corrected chi connectivity index (χ0v) is 14.9. The molecule has 4 nitrogen and oxygen atoms in total. The van der Waals surface area contributed by atoms with Crippen molar-refractivity contribution >= 4 is 16.7 Å². The standard InChI is InChI=1S/C19H21F3N2O2/c1-4-26-14-10-6-8-12-7-5-9-13(16(12)14)17(19(20,21)22)24-18(2,3)11-15(25)23-24/h5-10,17H,4,11H2,1-3H3,(H,23,25). The van der Waals surface area contributed by atoms with Crippen LogP contribution in [0.1, 0.15) is 38.8 Å². The molecule has 1 saturated heterocycles. The molecular weight excluding hydrogens is 345 g/mol. The zero-order chi connectivity index (χ0) is 19.1. The number of hydrogen-bond donors (Lipinski definition) is 1. The molecule has 2 aromatic rings.